The Morgan fingerprint density at radius 3 is 0.773 bits per heavy atom. The average molecular weight is 1300 g/mol. The Hall–Kier alpha value is -1.94. The maximum atomic E-state index is 13.0. The molecule has 0 aliphatic heterocycles. The highest BCUT2D eigenvalue weighted by molar-refractivity contribution is 7.47. The molecule has 5 atom stereocenters. The first-order valence-electron chi connectivity index (χ1n) is 35.8. The molecule has 2 unspecified atom stereocenters. The molecular weight excluding hydrogens is 1160 g/mol. The Morgan fingerprint density at radius 1 is 0.307 bits per heavy atom. The fraction of sp³-hybridized carbons (Fsp3) is 0.942. The molecule has 0 aliphatic rings. The van der Waals surface area contributed by atoms with E-state index in [0.29, 0.717) is 31.6 Å². The van der Waals surface area contributed by atoms with Gasteiger partial charge in [0.1, 0.15) is 19.3 Å². The molecule has 0 saturated carbocycles. The molecule has 0 radical (unpaired) electrons. The summed E-state index contributed by atoms with van der Waals surface area (Å²) >= 11 is 0. The molecule has 0 bridgehead atoms. The van der Waals surface area contributed by atoms with Crippen molar-refractivity contribution in [2.24, 2.45) is 17.8 Å². The van der Waals surface area contributed by atoms with Crippen molar-refractivity contribution < 1.29 is 80.2 Å². The second-order valence-electron chi connectivity index (χ2n) is 26.3. The van der Waals surface area contributed by atoms with Crippen LogP contribution in [0.1, 0.15) is 344 Å². The summed E-state index contributed by atoms with van der Waals surface area (Å²) in [5, 5.41) is 10.6. The van der Waals surface area contributed by atoms with Crippen LogP contribution < -0.4 is 0 Å². The van der Waals surface area contributed by atoms with Gasteiger partial charge < -0.3 is 33.8 Å². The number of carbonyl (C=O) groups is 4. The third-order valence-corrected chi connectivity index (χ3v) is 17.8. The molecule has 522 valence electrons. The summed E-state index contributed by atoms with van der Waals surface area (Å²) in [6.45, 7) is 11.7. The fourth-order valence-corrected chi connectivity index (χ4v) is 11.9. The summed E-state index contributed by atoms with van der Waals surface area (Å²) in [6.07, 6.45) is 43.4. The zero-order valence-electron chi connectivity index (χ0n) is 57.2. The standard InChI is InChI=1S/C69H134O17P2/c1-8-9-10-11-26-36-43-50-66(71)79-56-65(86-69(74)53-46-39-32-31-35-42-49-62(6)7)59-84-88(77,78)82-55-63(70)54-81-87(75,76)83-58-64(57-80-67(72)51-44-37-29-24-21-17-19-23-28-34-41-48-61(4)5)85-68(73)52-45-38-30-25-20-16-14-12-13-15-18-22-27-33-40-47-60(2)3/h60-65,70H,8-59H2,1-7H3,(H,75,76)(H,77,78)/t63-,64-,65-/m1/s1. The van der Waals surface area contributed by atoms with E-state index in [4.69, 9.17) is 37.0 Å². The lowest BCUT2D eigenvalue weighted by Gasteiger charge is -2.21. The summed E-state index contributed by atoms with van der Waals surface area (Å²) in [4.78, 5) is 72.3. The molecule has 88 heavy (non-hydrogen) atoms. The number of ether oxygens (including phenoxy) is 4. The Bertz CT molecular complexity index is 1730. The molecule has 17 nitrogen and oxygen atoms in total. The minimum absolute atomic E-state index is 0.101. The molecule has 0 aliphatic carbocycles. The van der Waals surface area contributed by atoms with Crippen molar-refractivity contribution in [2.75, 3.05) is 39.6 Å². The van der Waals surface area contributed by atoms with Gasteiger partial charge in [-0.2, -0.15) is 0 Å². The number of esters is 4. The highest BCUT2D eigenvalue weighted by Crippen LogP contribution is 2.45. The third-order valence-electron chi connectivity index (χ3n) is 15.9. The second-order valence-corrected chi connectivity index (χ2v) is 29.3. The van der Waals surface area contributed by atoms with E-state index < -0.39 is 97.5 Å². The van der Waals surface area contributed by atoms with E-state index in [-0.39, 0.29) is 25.7 Å². The number of unbranched alkanes of at least 4 members (excludes halogenated alkanes) is 35. The van der Waals surface area contributed by atoms with Crippen molar-refractivity contribution >= 4 is 39.5 Å². The largest absolute Gasteiger partial charge is 0.472 e. The predicted octanol–water partition coefficient (Wildman–Crippen LogP) is 19.5. The van der Waals surface area contributed by atoms with E-state index >= 15 is 0 Å². The van der Waals surface area contributed by atoms with Gasteiger partial charge in [-0.05, 0) is 43.4 Å². The highest BCUT2D eigenvalue weighted by Gasteiger charge is 2.30. The predicted molar refractivity (Wildman–Crippen MR) is 354 cm³/mol. The molecule has 0 saturated heterocycles. The smallest absolute Gasteiger partial charge is 0.462 e. The zero-order chi connectivity index (χ0) is 65.2. The summed E-state index contributed by atoms with van der Waals surface area (Å²) in [5.74, 6) is 0.107. The lowest BCUT2D eigenvalue weighted by atomic mass is 10.0. The molecule has 0 aromatic rings. The van der Waals surface area contributed by atoms with Crippen molar-refractivity contribution in [3.05, 3.63) is 0 Å². The maximum absolute atomic E-state index is 13.0. The van der Waals surface area contributed by atoms with Crippen LogP contribution in [0.3, 0.4) is 0 Å². The van der Waals surface area contributed by atoms with E-state index in [1.165, 1.54) is 141 Å². The summed E-state index contributed by atoms with van der Waals surface area (Å²) in [5.41, 5.74) is 0. The lowest BCUT2D eigenvalue weighted by Crippen LogP contribution is -2.30. The summed E-state index contributed by atoms with van der Waals surface area (Å²) < 4.78 is 68.1. The van der Waals surface area contributed by atoms with E-state index in [1.807, 2.05) is 0 Å². The van der Waals surface area contributed by atoms with Crippen LogP contribution in [0.2, 0.25) is 0 Å². The van der Waals surface area contributed by atoms with Gasteiger partial charge in [0.2, 0.25) is 0 Å². The molecule has 0 aromatic carbocycles. The van der Waals surface area contributed by atoms with Crippen LogP contribution in [0.4, 0.5) is 0 Å². The first-order chi connectivity index (χ1) is 42.2. The van der Waals surface area contributed by atoms with Crippen LogP contribution >= 0.6 is 15.6 Å². The molecule has 0 spiro atoms. The number of rotatable bonds is 67. The Kier molecular flexibility index (Phi) is 58.7. The molecule has 3 N–H and O–H groups in total. The number of aliphatic hydroxyl groups is 1. The molecular formula is C69H134O17P2. The van der Waals surface area contributed by atoms with Gasteiger partial charge in [0.25, 0.3) is 0 Å². The van der Waals surface area contributed by atoms with E-state index in [1.54, 1.807) is 0 Å². The van der Waals surface area contributed by atoms with Gasteiger partial charge in [0, 0.05) is 25.7 Å². The van der Waals surface area contributed by atoms with Crippen LogP contribution in [0.25, 0.3) is 0 Å². The van der Waals surface area contributed by atoms with Crippen molar-refractivity contribution in [3.8, 4) is 0 Å². The minimum atomic E-state index is -4.95. The maximum Gasteiger partial charge on any atom is 0.472 e. The normalized spacial score (nSPS) is 14.2. The average Bonchev–Trinajstić information content (AvgIpc) is 3.37. The van der Waals surface area contributed by atoms with E-state index in [0.717, 1.165) is 115 Å². The van der Waals surface area contributed by atoms with Crippen LogP contribution in [0.15, 0.2) is 0 Å². The quantitative estimate of drug-likeness (QED) is 0.0222. The van der Waals surface area contributed by atoms with E-state index in [9.17, 15) is 43.2 Å². The van der Waals surface area contributed by atoms with Crippen LogP contribution in [-0.2, 0) is 65.4 Å². The molecule has 0 heterocycles. The Morgan fingerprint density at radius 2 is 0.523 bits per heavy atom. The minimum Gasteiger partial charge on any atom is -0.462 e. The molecule has 0 amide bonds. The van der Waals surface area contributed by atoms with Gasteiger partial charge in [-0.1, -0.05) is 292 Å². The SMILES string of the molecule is CCCCCCCCCC(=O)OC[C@H](COP(=O)(O)OC[C@H](O)COP(=O)(O)OC[C@@H](COC(=O)CCCCCCCCCCCCCC(C)C)OC(=O)CCCCCCCCCCCCCCCCCC(C)C)OC(=O)CCCCCCCCC(C)C. The molecule has 0 fully saturated rings. The van der Waals surface area contributed by atoms with Crippen molar-refractivity contribution in [1.82, 2.24) is 0 Å². The molecule has 19 heteroatoms. The topological polar surface area (TPSA) is 237 Å². The van der Waals surface area contributed by atoms with Gasteiger partial charge in [0.05, 0.1) is 26.4 Å². The number of aliphatic hydroxyl groups excluding tert-OH is 1. The fourth-order valence-electron chi connectivity index (χ4n) is 10.4. The lowest BCUT2D eigenvalue weighted by molar-refractivity contribution is -0.161. The number of hydrogen-bond donors (Lipinski definition) is 3. The Balaban J connectivity index is 5.19. The molecule has 0 aromatic heterocycles. The Labute approximate surface area is 537 Å². The van der Waals surface area contributed by atoms with Crippen LogP contribution in [-0.4, -0.2) is 96.7 Å². The van der Waals surface area contributed by atoms with Crippen molar-refractivity contribution in [2.45, 2.75) is 362 Å². The number of phosphoric acid groups is 2. The van der Waals surface area contributed by atoms with Crippen molar-refractivity contribution in [3.63, 3.8) is 0 Å². The summed E-state index contributed by atoms with van der Waals surface area (Å²) in [7, 11) is -9.89. The first-order valence-corrected chi connectivity index (χ1v) is 38.8. The van der Waals surface area contributed by atoms with E-state index in [2.05, 4.69) is 48.5 Å². The van der Waals surface area contributed by atoms with Crippen molar-refractivity contribution in [1.29, 1.82) is 0 Å². The number of phosphoric ester groups is 2. The summed E-state index contributed by atoms with van der Waals surface area (Å²) in [6, 6.07) is 0. The van der Waals surface area contributed by atoms with Gasteiger partial charge >= 0.3 is 39.5 Å². The first kappa shape index (κ1) is 86.1. The second kappa shape index (κ2) is 60.0. The highest BCUT2D eigenvalue weighted by atomic mass is 31.2. The third kappa shape index (κ3) is 62.8. The van der Waals surface area contributed by atoms with Gasteiger partial charge in [-0.3, -0.25) is 37.3 Å². The van der Waals surface area contributed by atoms with Gasteiger partial charge in [0.15, 0.2) is 12.2 Å². The number of hydrogen-bond acceptors (Lipinski definition) is 15. The van der Waals surface area contributed by atoms with Gasteiger partial charge in [-0.25, -0.2) is 9.13 Å². The van der Waals surface area contributed by atoms with Crippen LogP contribution in [0.5, 0.6) is 0 Å². The zero-order valence-corrected chi connectivity index (χ0v) is 59.0. The molecule has 0 rings (SSSR count). The van der Waals surface area contributed by atoms with Crippen LogP contribution in [0, 0.1) is 17.8 Å². The monoisotopic (exact) mass is 1300 g/mol. The number of carbonyl (C=O) groups excluding carboxylic acids is 4. The van der Waals surface area contributed by atoms with Gasteiger partial charge in [-0.15, -0.1) is 0 Å².